The zero-order valence-electron chi connectivity index (χ0n) is 14.3. The first-order valence-corrected chi connectivity index (χ1v) is 9.55. The Hall–Kier alpha value is -1.68. The van der Waals surface area contributed by atoms with Crippen molar-refractivity contribution in [2.45, 2.75) is 32.4 Å². The summed E-state index contributed by atoms with van der Waals surface area (Å²) in [6, 6.07) is 11.2. The molecule has 2 aromatic carbocycles. The van der Waals surface area contributed by atoms with E-state index in [0.717, 1.165) is 24.0 Å². The fraction of sp³-hybridized carbons (Fsp3) is 0.250. The summed E-state index contributed by atoms with van der Waals surface area (Å²) in [4.78, 5) is 4.17. The van der Waals surface area contributed by atoms with Crippen molar-refractivity contribution in [2.24, 2.45) is 0 Å². The Balaban J connectivity index is 1.96. The molecule has 1 aromatic heterocycles. The topological polar surface area (TPSA) is 27.1 Å². The fourth-order valence-corrected chi connectivity index (χ4v) is 3.78. The lowest BCUT2D eigenvalue weighted by atomic mass is 10.0. The summed E-state index contributed by atoms with van der Waals surface area (Å²) < 4.78 is 8.15. The van der Waals surface area contributed by atoms with Crippen molar-refractivity contribution in [3.8, 4) is 5.75 Å². The van der Waals surface area contributed by atoms with E-state index in [1.165, 1.54) is 0 Å². The van der Waals surface area contributed by atoms with Crippen LogP contribution in [0.3, 0.4) is 0 Å². The number of nitrogens with zero attached hydrogens (tertiary/aromatic N) is 2. The third-order valence-corrected chi connectivity index (χ3v) is 4.89. The van der Waals surface area contributed by atoms with Crippen LogP contribution in [0.5, 0.6) is 5.75 Å². The number of halogens is 3. The molecule has 0 bridgehead atoms. The SMILES string of the molecule is CCCC(c1c(Cl)cc(Cl)cc1OCc1cccc(Cl)c1)n1ccnc1. The van der Waals surface area contributed by atoms with Crippen LogP contribution in [0.1, 0.15) is 36.9 Å². The second-order valence-electron chi connectivity index (χ2n) is 6.03. The van der Waals surface area contributed by atoms with Crippen molar-refractivity contribution >= 4 is 34.8 Å². The Morgan fingerprint density at radius 2 is 1.96 bits per heavy atom. The van der Waals surface area contributed by atoms with E-state index in [0.29, 0.717) is 27.4 Å². The average molecular weight is 410 g/mol. The predicted octanol–water partition coefficient (Wildman–Crippen LogP) is 6.81. The van der Waals surface area contributed by atoms with Crippen molar-refractivity contribution in [1.82, 2.24) is 9.55 Å². The van der Waals surface area contributed by atoms with Gasteiger partial charge in [0.25, 0.3) is 0 Å². The van der Waals surface area contributed by atoms with Crippen LogP contribution in [0.25, 0.3) is 0 Å². The van der Waals surface area contributed by atoms with Gasteiger partial charge in [0.15, 0.2) is 0 Å². The first kappa shape index (κ1) is 19.1. The van der Waals surface area contributed by atoms with Gasteiger partial charge in [0.05, 0.1) is 17.4 Å². The zero-order valence-corrected chi connectivity index (χ0v) is 16.6. The van der Waals surface area contributed by atoms with Crippen LogP contribution in [0.4, 0.5) is 0 Å². The molecule has 0 N–H and O–H groups in total. The Kier molecular flexibility index (Phi) is 6.47. The Labute approximate surface area is 168 Å². The molecule has 0 aliphatic rings. The van der Waals surface area contributed by atoms with Gasteiger partial charge in [-0.05, 0) is 36.2 Å². The van der Waals surface area contributed by atoms with E-state index in [1.807, 2.05) is 41.1 Å². The van der Waals surface area contributed by atoms with Crippen molar-refractivity contribution < 1.29 is 4.74 Å². The molecule has 0 fully saturated rings. The lowest BCUT2D eigenvalue weighted by Crippen LogP contribution is -2.12. The average Bonchev–Trinajstić information content (AvgIpc) is 3.13. The molecule has 136 valence electrons. The van der Waals surface area contributed by atoms with E-state index in [4.69, 9.17) is 39.5 Å². The van der Waals surface area contributed by atoms with Crippen LogP contribution < -0.4 is 4.74 Å². The van der Waals surface area contributed by atoms with E-state index >= 15 is 0 Å². The molecule has 0 amide bonds. The van der Waals surface area contributed by atoms with E-state index in [1.54, 1.807) is 18.6 Å². The molecule has 0 spiro atoms. The minimum absolute atomic E-state index is 0.0293. The molecule has 0 radical (unpaired) electrons. The molecule has 3 nitrogen and oxygen atoms in total. The Morgan fingerprint density at radius 3 is 2.65 bits per heavy atom. The number of hydrogen-bond donors (Lipinski definition) is 0. The number of hydrogen-bond acceptors (Lipinski definition) is 2. The third kappa shape index (κ3) is 4.53. The second-order valence-corrected chi connectivity index (χ2v) is 7.31. The van der Waals surface area contributed by atoms with Crippen molar-refractivity contribution in [1.29, 1.82) is 0 Å². The minimum atomic E-state index is 0.0293. The van der Waals surface area contributed by atoms with Gasteiger partial charge in [0.2, 0.25) is 0 Å². The van der Waals surface area contributed by atoms with Gasteiger partial charge in [-0.15, -0.1) is 0 Å². The highest BCUT2D eigenvalue weighted by atomic mass is 35.5. The summed E-state index contributed by atoms with van der Waals surface area (Å²) in [6.07, 6.45) is 7.40. The number of rotatable bonds is 7. The molecule has 0 aliphatic carbocycles. The predicted molar refractivity (Wildman–Crippen MR) is 108 cm³/mol. The highest BCUT2D eigenvalue weighted by Gasteiger charge is 2.22. The highest BCUT2D eigenvalue weighted by Crippen LogP contribution is 2.39. The Morgan fingerprint density at radius 1 is 1.12 bits per heavy atom. The molecule has 0 aliphatic heterocycles. The standard InChI is InChI=1S/C20H19Cl3N2O/c1-2-4-18(25-8-7-24-13-25)20-17(23)10-16(22)11-19(20)26-12-14-5-3-6-15(21)9-14/h3,5-11,13,18H,2,4,12H2,1H3. The summed E-state index contributed by atoms with van der Waals surface area (Å²) in [5, 5.41) is 1.81. The van der Waals surface area contributed by atoms with Crippen LogP contribution >= 0.6 is 34.8 Å². The van der Waals surface area contributed by atoms with Gasteiger partial charge in [-0.1, -0.05) is 60.3 Å². The first-order valence-electron chi connectivity index (χ1n) is 8.42. The maximum Gasteiger partial charge on any atom is 0.128 e. The number of aromatic nitrogens is 2. The molecule has 26 heavy (non-hydrogen) atoms. The lowest BCUT2D eigenvalue weighted by molar-refractivity contribution is 0.298. The fourth-order valence-electron chi connectivity index (χ4n) is 2.96. The summed E-state index contributed by atoms with van der Waals surface area (Å²) in [5.74, 6) is 0.676. The van der Waals surface area contributed by atoms with Crippen LogP contribution in [-0.4, -0.2) is 9.55 Å². The first-order chi connectivity index (χ1) is 12.6. The summed E-state index contributed by atoms with van der Waals surface area (Å²) in [6.45, 7) is 2.52. The van der Waals surface area contributed by atoms with Crippen LogP contribution in [0.2, 0.25) is 15.1 Å². The van der Waals surface area contributed by atoms with Gasteiger partial charge in [0, 0.05) is 28.0 Å². The molecule has 3 aromatic rings. The van der Waals surface area contributed by atoms with Gasteiger partial charge < -0.3 is 9.30 Å². The maximum atomic E-state index is 6.57. The number of imidazole rings is 1. The van der Waals surface area contributed by atoms with Crippen molar-refractivity contribution in [3.05, 3.63) is 81.3 Å². The molecule has 1 heterocycles. The van der Waals surface area contributed by atoms with E-state index in [9.17, 15) is 0 Å². The molecule has 3 rings (SSSR count). The van der Waals surface area contributed by atoms with Gasteiger partial charge >= 0.3 is 0 Å². The normalized spacial score (nSPS) is 12.2. The van der Waals surface area contributed by atoms with Gasteiger partial charge in [0.1, 0.15) is 12.4 Å². The quantitative estimate of drug-likeness (QED) is 0.428. The number of benzene rings is 2. The minimum Gasteiger partial charge on any atom is -0.488 e. The second kappa shape index (κ2) is 8.81. The monoisotopic (exact) mass is 408 g/mol. The maximum absolute atomic E-state index is 6.57. The molecule has 1 atom stereocenters. The molecular formula is C20H19Cl3N2O. The van der Waals surface area contributed by atoms with Crippen molar-refractivity contribution in [2.75, 3.05) is 0 Å². The van der Waals surface area contributed by atoms with Crippen molar-refractivity contribution in [3.63, 3.8) is 0 Å². The van der Waals surface area contributed by atoms with Gasteiger partial charge in [-0.2, -0.15) is 0 Å². The largest absolute Gasteiger partial charge is 0.488 e. The zero-order chi connectivity index (χ0) is 18.5. The summed E-state index contributed by atoms with van der Waals surface area (Å²) in [7, 11) is 0. The van der Waals surface area contributed by atoms with E-state index < -0.39 is 0 Å². The summed E-state index contributed by atoms with van der Waals surface area (Å²) in [5.41, 5.74) is 1.90. The third-order valence-electron chi connectivity index (χ3n) is 4.12. The van der Waals surface area contributed by atoms with E-state index in [2.05, 4.69) is 11.9 Å². The van der Waals surface area contributed by atoms with Gasteiger partial charge in [-0.25, -0.2) is 4.98 Å². The lowest BCUT2D eigenvalue weighted by Gasteiger charge is -2.23. The number of ether oxygens (including phenoxy) is 1. The molecule has 1 unspecified atom stereocenters. The van der Waals surface area contributed by atoms with Crippen LogP contribution in [0, 0.1) is 0 Å². The molecular weight excluding hydrogens is 391 g/mol. The summed E-state index contributed by atoms with van der Waals surface area (Å²) >= 11 is 18.9. The molecule has 0 saturated carbocycles. The smallest absolute Gasteiger partial charge is 0.128 e. The van der Waals surface area contributed by atoms with Crippen LogP contribution in [-0.2, 0) is 6.61 Å². The highest BCUT2D eigenvalue weighted by molar-refractivity contribution is 6.35. The molecule has 6 heteroatoms. The van der Waals surface area contributed by atoms with E-state index in [-0.39, 0.29) is 6.04 Å². The molecule has 0 saturated heterocycles. The Bertz CT molecular complexity index is 865. The van der Waals surface area contributed by atoms with Gasteiger partial charge in [-0.3, -0.25) is 0 Å². The van der Waals surface area contributed by atoms with Crippen LogP contribution in [0.15, 0.2) is 55.1 Å².